The summed E-state index contributed by atoms with van der Waals surface area (Å²) in [5.41, 5.74) is 3.08. The minimum Gasteiger partial charge on any atom is -0.376 e. The van der Waals surface area contributed by atoms with Gasteiger partial charge in [-0.1, -0.05) is 30.3 Å². The van der Waals surface area contributed by atoms with E-state index in [9.17, 15) is 4.79 Å². The molecule has 0 spiro atoms. The highest BCUT2D eigenvalue weighted by atomic mass is 16.5. The number of carbonyl (C=O) groups is 1. The highest BCUT2D eigenvalue weighted by Gasteiger charge is 2.21. The predicted molar refractivity (Wildman–Crippen MR) is 105 cm³/mol. The molecule has 1 fully saturated rings. The van der Waals surface area contributed by atoms with Gasteiger partial charge in [-0.3, -0.25) is 4.79 Å². The first-order chi connectivity index (χ1) is 13.1. The molecule has 1 aromatic carbocycles. The lowest BCUT2D eigenvalue weighted by Crippen LogP contribution is -2.31. The molecular weight excluding hydrogens is 340 g/mol. The molecule has 0 bridgehead atoms. The van der Waals surface area contributed by atoms with Gasteiger partial charge in [-0.15, -0.1) is 0 Å². The van der Waals surface area contributed by atoms with Crippen LogP contribution in [0.4, 0.5) is 0 Å². The van der Waals surface area contributed by atoms with E-state index in [1.807, 2.05) is 41.1 Å². The second-order valence-corrected chi connectivity index (χ2v) is 7.19. The van der Waals surface area contributed by atoms with E-state index in [0.29, 0.717) is 12.1 Å². The van der Waals surface area contributed by atoms with E-state index in [1.165, 1.54) is 0 Å². The summed E-state index contributed by atoms with van der Waals surface area (Å²) in [6.45, 7) is 5.42. The van der Waals surface area contributed by atoms with Crippen LogP contribution in [0.15, 0.2) is 42.6 Å². The number of aromatic nitrogens is 3. The van der Waals surface area contributed by atoms with Crippen molar-refractivity contribution in [3.63, 3.8) is 0 Å². The van der Waals surface area contributed by atoms with Crippen molar-refractivity contribution in [1.29, 1.82) is 0 Å². The molecule has 0 unspecified atom stereocenters. The molecule has 3 heterocycles. The van der Waals surface area contributed by atoms with Gasteiger partial charge in [0.25, 0.3) is 5.91 Å². The van der Waals surface area contributed by atoms with Crippen LogP contribution in [0.2, 0.25) is 0 Å². The Morgan fingerprint density at radius 3 is 2.85 bits per heavy atom. The molecule has 4 rings (SSSR count). The summed E-state index contributed by atoms with van der Waals surface area (Å²) in [6, 6.07) is 11.9. The molecule has 6 nitrogen and oxygen atoms in total. The second kappa shape index (κ2) is 7.48. The summed E-state index contributed by atoms with van der Waals surface area (Å²) >= 11 is 0. The smallest absolute Gasteiger partial charge is 0.252 e. The van der Waals surface area contributed by atoms with Gasteiger partial charge in [0.05, 0.1) is 28.9 Å². The molecule has 0 saturated carbocycles. The van der Waals surface area contributed by atoms with Crippen molar-refractivity contribution in [2.24, 2.45) is 0 Å². The van der Waals surface area contributed by atoms with Crippen molar-refractivity contribution in [2.75, 3.05) is 13.2 Å². The molecule has 1 aliphatic rings. The maximum absolute atomic E-state index is 12.9. The number of hydrogen-bond acceptors (Lipinski definition) is 4. The Bertz CT molecular complexity index is 943. The lowest BCUT2D eigenvalue weighted by molar-refractivity contribution is 0.0859. The average Bonchev–Trinajstić information content (AvgIpc) is 3.35. The monoisotopic (exact) mass is 364 g/mol. The first-order valence-electron chi connectivity index (χ1n) is 9.47. The van der Waals surface area contributed by atoms with Gasteiger partial charge in [-0.2, -0.15) is 5.10 Å². The molecule has 1 saturated heterocycles. The Morgan fingerprint density at radius 1 is 1.33 bits per heavy atom. The van der Waals surface area contributed by atoms with Crippen LogP contribution in [-0.4, -0.2) is 39.9 Å². The SMILES string of the molecule is CC(C)n1ncc2c(C(=O)NC[C@H]3CCCO3)cc(-c3ccccc3)nc21. The van der Waals surface area contributed by atoms with Crippen LogP contribution in [0.3, 0.4) is 0 Å². The average molecular weight is 364 g/mol. The van der Waals surface area contributed by atoms with Crippen molar-refractivity contribution >= 4 is 16.9 Å². The van der Waals surface area contributed by atoms with Gasteiger partial charge in [0, 0.05) is 24.8 Å². The fourth-order valence-electron chi connectivity index (χ4n) is 3.45. The van der Waals surface area contributed by atoms with Crippen LogP contribution >= 0.6 is 0 Å². The van der Waals surface area contributed by atoms with Gasteiger partial charge in [-0.25, -0.2) is 9.67 Å². The highest BCUT2D eigenvalue weighted by Crippen LogP contribution is 2.26. The number of rotatable bonds is 5. The zero-order valence-electron chi connectivity index (χ0n) is 15.7. The summed E-state index contributed by atoms with van der Waals surface area (Å²) in [5.74, 6) is -0.113. The van der Waals surface area contributed by atoms with Crippen LogP contribution in [0.5, 0.6) is 0 Å². The Balaban J connectivity index is 1.74. The fraction of sp³-hybridized carbons (Fsp3) is 0.381. The van der Waals surface area contributed by atoms with E-state index in [-0.39, 0.29) is 18.1 Å². The van der Waals surface area contributed by atoms with Gasteiger partial charge in [-0.05, 0) is 32.8 Å². The van der Waals surface area contributed by atoms with E-state index in [2.05, 4.69) is 24.3 Å². The maximum Gasteiger partial charge on any atom is 0.252 e. The normalized spacial score (nSPS) is 16.9. The summed E-state index contributed by atoms with van der Waals surface area (Å²) in [5, 5.41) is 8.25. The predicted octanol–water partition coefficient (Wildman–Crippen LogP) is 3.59. The van der Waals surface area contributed by atoms with Crippen molar-refractivity contribution in [3.05, 3.63) is 48.2 Å². The van der Waals surface area contributed by atoms with Crippen molar-refractivity contribution in [3.8, 4) is 11.3 Å². The summed E-state index contributed by atoms with van der Waals surface area (Å²) < 4.78 is 7.47. The number of nitrogens with zero attached hydrogens (tertiary/aromatic N) is 3. The van der Waals surface area contributed by atoms with Crippen LogP contribution in [0.1, 0.15) is 43.1 Å². The number of fused-ring (bicyclic) bond motifs is 1. The zero-order valence-corrected chi connectivity index (χ0v) is 15.7. The van der Waals surface area contributed by atoms with Gasteiger partial charge >= 0.3 is 0 Å². The molecule has 0 radical (unpaired) electrons. The molecule has 27 heavy (non-hydrogen) atoms. The molecule has 1 amide bonds. The lowest BCUT2D eigenvalue weighted by atomic mass is 10.1. The number of pyridine rings is 1. The molecule has 6 heteroatoms. The Morgan fingerprint density at radius 2 is 2.15 bits per heavy atom. The third-order valence-corrected chi connectivity index (χ3v) is 4.88. The standard InChI is InChI=1S/C21H24N4O2/c1-14(2)25-20-18(13-23-25)17(21(26)22-12-16-9-6-10-27-16)11-19(24-20)15-7-4-3-5-8-15/h3-5,7-8,11,13-14,16H,6,9-10,12H2,1-2H3,(H,22,26)/t16-/m1/s1. The van der Waals surface area contributed by atoms with Crippen LogP contribution in [-0.2, 0) is 4.74 Å². The van der Waals surface area contributed by atoms with Crippen LogP contribution in [0.25, 0.3) is 22.3 Å². The molecule has 3 aromatic rings. The first kappa shape index (κ1) is 17.7. The van der Waals surface area contributed by atoms with Crippen LogP contribution in [0, 0.1) is 0 Å². The van der Waals surface area contributed by atoms with E-state index in [1.54, 1.807) is 6.20 Å². The summed E-state index contributed by atoms with van der Waals surface area (Å²) in [6.07, 6.45) is 3.89. The van der Waals surface area contributed by atoms with Crippen molar-refractivity contribution < 1.29 is 9.53 Å². The quantitative estimate of drug-likeness (QED) is 0.751. The topological polar surface area (TPSA) is 69.0 Å². The van der Waals surface area contributed by atoms with E-state index >= 15 is 0 Å². The summed E-state index contributed by atoms with van der Waals surface area (Å²) in [7, 11) is 0. The Labute approximate surface area is 158 Å². The highest BCUT2D eigenvalue weighted by molar-refractivity contribution is 6.06. The molecule has 1 aliphatic heterocycles. The zero-order chi connectivity index (χ0) is 18.8. The fourth-order valence-corrected chi connectivity index (χ4v) is 3.45. The number of benzene rings is 1. The van der Waals surface area contributed by atoms with E-state index in [0.717, 1.165) is 41.7 Å². The molecule has 2 aromatic heterocycles. The Kier molecular flexibility index (Phi) is 4.90. The lowest BCUT2D eigenvalue weighted by Gasteiger charge is -2.13. The minimum atomic E-state index is -0.113. The molecule has 1 atom stereocenters. The molecule has 140 valence electrons. The second-order valence-electron chi connectivity index (χ2n) is 7.19. The maximum atomic E-state index is 12.9. The minimum absolute atomic E-state index is 0.109. The third-order valence-electron chi connectivity index (χ3n) is 4.88. The number of hydrogen-bond donors (Lipinski definition) is 1. The van der Waals surface area contributed by atoms with Gasteiger partial charge in [0.15, 0.2) is 5.65 Å². The van der Waals surface area contributed by atoms with Crippen LogP contribution < -0.4 is 5.32 Å². The molecular formula is C21H24N4O2. The number of nitrogens with one attached hydrogen (secondary N) is 1. The Hall–Kier alpha value is -2.73. The van der Waals surface area contributed by atoms with E-state index < -0.39 is 0 Å². The number of ether oxygens (including phenoxy) is 1. The van der Waals surface area contributed by atoms with Gasteiger partial charge in [0.1, 0.15) is 0 Å². The number of amides is 1. The van der Waals surface area contributed by atoms with Gasteiger partial charge in [0.2, 0.25) is 0 Å². The number of carbonyl (C=O) groups excluding carboxylic acids is 1. The first-order valence-corrected chi connectivity index (χ1v) is 9.47. The molecule has 0 aliphatic carbocycles. The van der Waals surface area contributed by atoms with Gasteiger partial charge < -0.3 is 10.1 Å². The van der Waals surface area contributed by atoms with E-state index in [4.69, 9.17) is 9.72 Å². The van der Waals surface area contributed by atoms with Crippen molar-refractivity contribution in [1.82, 2.24) is 20.1 Å². The third kappa shape index (κ3) is 3.57. The summed E-state index contributed by atoms with van der Waals surface area (Å²) in [4.78, 5) is 17.7. The van der Waals surface area contributed by atoms with Crippen molar-refractivity contribution in [2.45, 2.75) is 38.8 Å². The largest absolute Gasteiger partial charge is 0.376 e. The molecule has 1 N–H and O–H groups in total.